The van der Waals surface area contributed by atoms with E-state index in [0.717, 1.165) is 26.1 Å². The number of nitrogens with two attached hydrogens (primary N) is 1. The average molecular weight is 158 g/mol. The number of likely N-dealkylation sites (N-methyl/N-ethyl adjacent to an activating group) is 1. The lowest BCUT2D eigenvalue weighted by atomic mass is 9.94. The van der Waals surface area contributed by atoms with Crippen LogP contribution in [0.4, 0.5) is 0 Å². The molecule has 0 saturated carbocycles. The van der Waals surface area contributed by atoms with Crippen LogP contribution in [0.3, 0.4) is 0 Å². The number of nitrogens with zero attached hydrogens (tertiary/aromatic N) is 1. The monoisotopic (exact) mass is 158 g/mol. The van der Waals surface area contributed by atoms with E-state index in [1.165, 1.54) is 0 Å². The first kappa shape index (κ1) is 8.97. The van der Waals surface area contributed by atoms with Crippen molar-refractivity contribution in [3.05, 3.63) is 0 Å². The first-order valence-corrected chi connectivity index (χ1v) is 4.38. The van der Waals surface area contributed by atoms with E-state index in [9.17, 15) is 5.11 Å². The molecule has 1 rings (SSSR count). The summed E-state index contributed by atoms with van der Waals surface area (Å²) in [5, 5.41) is 9.55. The summed E-state index contributed by atoms with van der Waals surface area (Å²) >= 11 is 0. The Morgan fingerprint density at radius 2 is 2.36 bits per heavy atom. The number of hydrogen-bond acceptors (Lipinski definition) is 3. The van der Waals surface area contributed by atoms with Crippen LogP contribution in [0.15, 0.2) is 0 Å². The molecule has 3 N–H and O–H groups in total. The predicted molar refractivity (Wildman–Crippen MR) is 45.3 cm³/mol. The Balaban J connectivity index is 2.34. The minimum atomic E-state index is -0.200. The van der Waals surface area contributed by atoms with E-state index in [2.05, 4.69) is 11.8 Å². The number of aliphatic hydroxyl groups excluding tert-OH is 1. The Hall–Kier alpha value is -0.120. The summed E-state index contributed by atoms with van der Waals surface area (Å²) in [5.41, 5.74) is 5.50. The highest BCUT2D eigenvalue weighted by molar-refractivity contribution is 4.79. The van der Waals surface area contributed by atoms with Crippen molar-refractivity contribution in [3.8, 4) is 0 Å². The fraction of sp³-hybridized carbons (Fsp3) is 1.00. The number of hydrogen-bond donors (Lipinski definition) is 2. The Morgan fingerprint density at radius 1 is 1.64 bits per heavy atom. The highest BCUT2D eigenvalue weighted by Gasteiger charge is 2.25. The normalized spacial score (nSPS) is 34.1. The molecule has 0 aromatic rings. The molecule has 0 aromatic heterocycles. The Morgan fingerprint density at radius 3 is 2.82 bits per heavy atom. The molecule has 66 valence electrons. The summed E-state index contributed by atoms with van der Waals surface area (Å²) in [4.78, 5) is 2.26. The highest BCUT2D eigenvalue weighted by atomic mass is 16.3. The fourth-order valence-electron chi connectivity index (χ4n) is 1.61. The minimum Gasteiger partial charge on any atom is -0.391 e. The van der Waals surface area contributed by atoms with Crippen LogP contribution in [-0.2, 0) is 0 Å². The molecule has 0 spiro atoms. The van der Waals surface area contributed by atoms with Gasteiger partial charge in [0.15, 0.2) is 0 Å². The molecular formula is C8H18N2O. The molecule has 11 heavy (non-hydrogen) atoms. The van der Waals surface area contributed by atoms with Gasteiger partial charge < -0.3 is 15.7 Å². The molecule has 3 heteroatoms. The van der Waals surface area contributed by atoms with Crippen LogP contribution >= 0.6 is 0 Å². The molecule has 1 aliphatic heterocycles. The molecule has 1 aliphatic rings. The van der Waals surface area contributed by atoms with E-state index >= 15 is 0 Å². The van der Waals surface area contributed by atoms with Gasteiger partial charge in [0, 0.05) is 6.54 Å². The number of β-amino-alcohol motifs (C(OH)–C–C–N with tert-alkyl or cyclic N) is 1. The van der Waals surface area contributed by atoms with Crippen molar-refractivity contribution < 1.29 is 5.11 Å². The van der Waals surface area contributed by atoms with Crippen molar-refractivity contribution in [2.45, 2.75) is 19.4 Å². The summed E-state index contributed by atoms with van der Waals surface area (Å²) in [6.07, 6.45) is 0.847. The zero-order valence-electron chi connectivity index (χ0n) is 7.16. The van der Waals surface area contributed by atoms with Crippen molar-refractivity contribution in [3.63, 3.8) is 0 Å². The quantitative estimate of drug-likeness (QED) is 0.577. The van der Waals surface area contributed by atoms with Crippen LogP contribution in [0.1, 0.15) is 13.3 Å². The molecule has 0 radical (unpaired) electrons. The van der Waals surface area contributed by atoms with Gasteiger partial charge in [-0.25, -0.2) is 0 Å². The van der Waals surface area contributed by atoms with E-state index in [-0.39, 0.29) is 6.10 Å². The van der Waals surface area contributed by atoms with Gasteiger partial charge in [-0.2, -0.15) is 0 Å². The zero-order chi connectivity index (χ0) is 8.27. The molecule has 2 atom stereocenters. The average Bonchev–Trinajstić information content (AvgIpc) is 2.04. The summed E-state index contributed by atoms with van der Waals surface area (Å²) in [6, 6.07) is 0. The second kappa shape index (κ2) is 4.04. The lowest BCUT2D eigenvalue weighted by Crippen LogP contribution is -2.45. The standard InChI is InChI=1S/C8H18N2O/c1-2-10-4-3-7(5-9)8(11)6-10/h7-8,11H,2-6,9H2,1H3. The molecular weight excluding hydrogens is 140 g/mol. The molecule has 0 amide bonds. The summed E-state index contributed by atoms with van der Waals surface area (Å²) in [7, 11) is 0. The van der Waals surface area contributed by atoms with E-state index in [4.69, 9.17) is 5.73 Å². The summed E-state index contributed by atoms with van der Waals surface area (Å²) in [6.45, 7) is 5.68. The summed E-state index contributed by atoms with van der Waals surface area (Å²) in [5.74, 6) is 0.331. The number of rotatable bonds is 2. The molecule has 1 heterocycles. The maximum absolute atomic E-state index is 9.55. The van der Waals surface area contributed by atoms with Gasteiger partial charge in [0.05, 0.1) is 6.10 Å². The van der Waals surface area contributed by atoms with Crippen molar-refractivity contribution in [2.24, 2.45) is 11.7 Å². The van der Waals surface area contributed by atoms with Gasteiger partial charge in [0.25, 0.3) is 0 Å². The first-order chi connectivity index (χ1) is 5.27. The van der Waals surface area contributed by atoms with Gasteiger partial charge in [0.2, 0.25) is 0 Å². The van der Waals surface area contributed by atoms with E-state index in [1.54, 1.807) is 0 Å². The number of likely N-dealkylation sites (tertiary alicyclic amines) is 1. The van der Waals surface area contributed by atoms with Crippen LogP contribution in [0.2, 0.25) is 0 Å². The summed E-state index contributed by atoms with van der Waals surface area (Å²) < 4.78 is 0. The number of piperidine rings is 1. The Kier molecular flexibility index (Phi) is 3.30. The molecule has 0 bridgehead atoms. The molecule has 1 saturated heterocycles. The third-order valence-electron chi connectivity index (χ3n) is 2.56. The highest BCUT2D eigenvalue weighted by Crippen LogP contribution is 2.15. The first-order valence-electron chi connectivity index (χ1n) is 4.38. The van der Waals surface area contributed by atoms with E-state index in [0.29, 0.717) is 12.5 Å². The van der Waals surface area contributed by atoms with Gasteiger partial charge in [-0.15, -0.1) is 0 Å². The lowest BCUT2D eigenvalue weighted by molar-refractivity contribution is 0.0277. The Bertz CT molecular complexity index is 119. The third kappa shape index (κ3) is 2.15. The van der Waals surface area contributed by atoms with E-state index in [1.807, 2.05) is 0 Å². The van der Waals surface area contributed by atoms with Gasteiger partial charge in [0.1, 0.15) is 0 Å². The maximum Gasteiger partial charge on any atom is 0.0707 e. The predicted octanol–water partition coefficient (Wildman–Crippen LogP) is -0.352. The van der Waals surface area contributed by atoms with Crippen LogP contribution in [-0.4, -0.2) is 42.3 Å². The lowest BCUT2D eigenvalue weighted by Gasteiger charge is -2.34. The van der Waals surface area contributed by atoms with Crippen LogP contribution in [0.5, 0.6) is 0 Å². The van der Waals surface area contributed by atoms with E-state index < -0.39 is 0 Å². The maximum atomic E-state index is 9.55. The Labute approximate surface area is 68.2 Å². The zero-order valence-corrected chi connectivity index (χ0v) is 7.16. The van der Waals surface area contributed by atoms with Gasteiger partial charge in [-0.05, 0) is 32.0 Å². The van der Waals surface area contributed by atoms with Gasteiger partial charge in [-0.1, -0.05) is 6.92 Å². The van der Waals surface area contributed by atoms with Crippen LogP contribution in [0, 0.1) is 5.92 Å². The van der Waals surface area contributed by atoms with Crippen molar-refractivity contribution in [1.82, 2.24) is 4.90 Å². The van der Waals surface area contributed by atoms with Crippen molar-refractivity contribution in [2.75, 3.05) is 26.2 Å². The van der Waals surface area contributed by atoms with Crippen LogP contribution < -0.4 is 5.73 Å². The SMILES string of the molecule is CCN1CCC(CN)C(O)C1. The molecule has 3 nitrogen and oxygen atoms in total. The molecule has 0 aliphatic carbocycles. The number of aliphatic hydroxyl groups is 1. The second-order valence-electron chi connectivity index (χ2n) is 3.25. The third-order valence-corrected chi connectivity index (χ3v) is 2.56. The fourth-order valence-corrected chi connectivity index (χ4v) is 1.61. The molecule has 1 fully saturated rings. The molecule has 2 unspecified atom stereocenters. The van der Waals surface area contributed by atoms with Crippen molar-refractivity contribution >= 4 is 0 Å². The van der Waals surface area contributed by atoms with Gasteiger partial charge in [-0.3, -0.25) is 0 Å². The topological polar surface area (TPSA) is 49.5 Å². The largest absolute Gasteiger partial charge is 0.391 e. The van der Waals surface area contributed by atoms with Crippen molar-refractivity contribution in [1.29, 1.82) is 0 Å². The minimum absolute atomic E-state index is 0.200. The van der Waals surface area contributed by atoms with Gasteiger partial charge >= 0.3 is 0 Å². The van der Waals surface area contributed by atoms with Crippen LogP contribution in [0.25, 0.3) is 0 Å². The smallest absolute Gasteiger partial charge is 0.0707 e. The second-order valence-corrected chi connectivity index (χ2v) is 3.25. The molecule has 0 aromatic carbocycles.